The second-order valence-electron chi connectivity index (χ2n) is 7.21. The lowest BCUT2D eigenvalue weighted by Gasteiger charge is -2.31. The normalized spacial score (nSPS) is 16.1. The van der Waals surface area contributed by atoms with Crippen LogP contribution in [0.3, 0.4) is 0 Å². The second kappa shape index (κ2) is 9.54. The largest absolute Gasteiger partial charge is 0.342 e. The van der Waals surface area contributed by atoms with E-state index >= 15 is 0 Å². The van der Waals surface area contributed by atoms with Crippen molar-refractivity contribution in [3.05, 3.63) is 42.0 Å². The molecule has 1 aromatic rings. The maximum Gasteiger partial charge on any atom is 0.226 e. The second-order valence-corrected chi connectivity index (χ2v) is 7.21. The lowest BCUT2D eigenvalue weighted by molar-refractivity contribution is -0.131. The first-order chi connectivity index (χ1) is 11.1. The van der Waals surface area contributed by atoms with Gasteiger partial charge in [-0.1, -0.05) is 75.6 Å². The lowest BCUT2D eigenvalue weighted by Crippen LogP contribution is -2.38. The van der Waals surface area contributed by atoms with E-state index in [2.05, 4.69) is 30.9 Å². The van der Waals surface area contributed by atoms with Gasteiger partial charge in [0.15, 0.2) is 0 Å². The van der Waals surface area contributed by atoms with Crippen LogP contribution < -0.4 is 0 Å². The van der Waals surface area contributed by atoms with Gasteiger partial charge in [0, 0.05) is 19.5 Å². The highest BCUT2D eigenvalue weighted by atomic mass is 16.2. The van der Waals surface area contributed by atoms with Crippen LogP contribution in [0.5, 0.6) is 0 Å². The maximum absolute atomic E-state index is 12.6. The van der Waals surface area contributed by atoms with Crippen LogP contribution in [0, 0.1) is 11.8 Å². The molecule has 0 saturated heterocycles. The molecule has 126 valence electrons. The first-order valence-corrected chi connectivity index (χ1v) is 9.14. The van der Waals surface area contributed by atoms with Crippen molar-refractivity contribution >= 4 is 12.0 Å². The molecular formula is C21H31NO. The number of hydrogen-bond donors (Lipinski definition) is 0. The Hall–Kier alpha value is -1.57. The predicted octanol–water partition coefficient (Wildman–Crippen LogP) is 5.15. The van der Waals surface area contributed by atoms with Gasteiger partial charge in [-0.05, 0) is 30.2 Å². The van der Waals surface area contributed by atoms with E-state index in [1.54, 1.807) is 0 Å². The molecule has 0 bridgehead atoms. The molecule has 0 heterocycles. The summed E-state index contributed by atoms with van der Waals surface area (Å²) in [4.78, 5) is 14.7. The Kier molecular flexibility index (Phi) is 7.38. The Bertz CT molecular complexity index is 486. The van der Waals surface area contributed by atoms with Gasteiger partial charge >= 0.3 is 0 Å². The molecule has 1 saturated carbocycles. The van der Waals surface area contributed by atoms with Gasteiger partial charge in [0.05, 0.1) is 0 Å². The molecule has 1 aliphatic rings. The monoisotopic (exact) mass is 313 g/mol. The number of amides is 1. The first-order valence-electron chi connectivity index (χ1n) is 9.14. The Labute approximate surface area is 141 Å². The standard InChI is InChI=1S/C21H31NO/c1-18(2)16-22(17-20-12-7-4-8-13-20)21(23)15-9-14-19-10-5-3-6-11-19/h3,5-6,9-11,14,18,20H,4,7-8,12-13,15-17H2,1-2H3/b14-9+. The predicted molar refractivity (Wildman–Crippen MR) is 98.1 cm³/mol. The number of benzene rings is 1. The summed E-state index contributed by atoms with van der Waals surface area (Å²) in [6, 6.07) is 10.2. The summed E-state index contributed by atoms with van der Waals surface area (Å²) in [7, 11) is 0. The fraction of sp³-hybridized carbons (Fsp3) is 0.571. The highest BCUT2D eigenvalue weighted by Gasteiger charge is 2.20. The summed E-state index contributed by atoms with van der Waals surface area (Å²) >= 11 is 0. The van der Waals surface area contributed by atoms with Crippen LogP contribution in [0.25, 0.3) is 6.08 Å². The van der Waals surface area contributed by atoms with Crippen LogP contribution in [0.1, 0.15) is 57.9 Å². The highest BCUT2D eigenvalue weighted by Crippen LogP contribution is 2.25. The molecule has 2 rings (SSSR count). The van der Waals surface area contributed by atoms with Crippen LogP contribution in [0.15, 0.2) is 36.4 Å². The third-order valence-corrected chi connectivity index (χ3v) is 4.54. The Morgan fingerprint density at radius 3 is 2.52 bits per heavy atom. The van der Waals surface area contributed by atoms with E-state index in [-0.39, 0.29) is 5.91 Å². The first kappa shape index (κ1) is 17.8. The Morgan fingerprint density at radius 1 is 1.17 bits per heavy atom. The molecule has 0 atom stereocenters. The molecule has 1 amide bonds. The average molecular weight is 313 g/mol. The molecule has 0 unspecified atom stereocenters. The van der Waals surface area contributed by atoms with Gasteiger partial charge in [-0.15, -0.1) is 0 Å². The fourth-order valence-electron chi connectivity index (χ4n) is 3.39. The quantitative estimate of drug-likeness (QED) is 0.681. The molecule has 0 aromatic heterocycles. The van der Waals surface area contributed by atoms with E-state index in [0.717, 1.165) is 18.7 Å². The number of nitrogens with zero attached hydrogens (tertiary/aromatic N) is 1. The molecule has 1 fully saturated rings. The van der Waals surface area contributed by atoms with Crippen molar-refractivity contribution in [2.45, 2.75) is 52.4 Å². The van der Waals surface area contributed by atoms with Gasteiger partial charge in [0.1, 0.15) is 0 Å². The zero-order valence-electron chi connectivity index (χ0n) is 14.7. The van der Waals surface area contributed by atoms with E-state index < -0.39 is 0 Å². The van der Waals surface area contributed by atoms with Crippen molar-refractivity contribution in [2.24, 2.45) is 11.8 Å². The van der Waals surface area contributed by atoms with Crippen molar-refractivity contribution in [1.29, 1.82) is 0 Å². The van der Waals surface area contributed by atoms with Crippen LogP contribution in [0.4, 0.5) is 0 Å². The summed E-state index contributed by atoms with van der Waals surface area (Å²) in [5, 5.41) is 0. The van der Waals surface area contributed by atoms with Gasteiger partial charge in [-0.3, -0.25) is 4.79 Å². The van der Waals surface area contributed by atoms with E-state index in [4.69, 9.17) is 0 Å². The van der Waals surface area contributed by atoms with Gasteiger partial charge in [0.2, 0.25) is 5.91 Å². The average Bonchev–Trinajstić information content (AvgIpc) is 2.56. The van der Waals surface area contributed by atoms with Crippen molar-refractivity contribution < 1.29 is 4.79 Å². The molecule has 0 spiro atoms. The van der Waals surface area contributed by atoms with Gasteiger partial charge in [-0.25, -0.2) is 0 Å². The summed E-state index contributed by atoms with van der Waals surface area (Å²) in [6.45, 7) is 6.23. The third kappa shape index (κ3) is 6.60. The number of carbonyl (C=O) groups excluding carboxylic acids is 1. The zero-order valence-corrected chi connectivity index (χ0v) is 14.7. The summed E-state index contributed by atoms with van der Waals surface area (Å²) in [6.07, 6.45) is 11.2. The molecule has 1 aliphatic carbocycles. The number of hydrogen-bond acceptors (Lipinski definition) is 1. The van der Waals surface area contributed by atoms with Crippen LogP contribution in [-0.2, 0) is 4.79 Å². The Balaban J connectivity index is 1.88. The SMILES string of the molecule is CC(C)CN(CC1CCCCC1)C(=O)C/C=C/c1ccccc1. The van der Waals surface area contributed by atoms with Crippen molar-refractivity contribution in [3.63, 3.8) is 0 Å². The number of carbonyl (C=O) groups is 1. The van der Waals surface area contributed by atoms with E-state index in [0.29, 0.717) is 18.3 Å². The fourth-order valence-corrected chi connectivity index (χ4v) is 3.39. The smallest absolute Gasteiger partial charge is 0.226 e. The molecule has 0 N–H and O–H groups in total. The summed E-state index contributed by atoms with van der Waals surface area (Å²) in [5.74, 6) is 1.52. The minimum Gasteiger partial charge on any atom is -0.342 e. The zero-order chi connectivity index (χ0) is 16.5. The van der Waals surface area contributed by atoms with Gasteiger partial charge in [0.25, 0.3) is 0 Å². The Morgan fingerprint density at radius 2 is 1.87 bits per heavy atom. The van der Waals surface area contributed by atoms with E-state index in [9.17, 15) is 4.79 Å². The minimum absolute atomic E-state index is 0.274. The van der Waals surface area contributed by atoms with Gasteiger partial charge < -0.3 is 4.90 Å². The van der Waals surface area contributed by atoms with Crippen molar-refractivity contribution in [3.8, 4) is 0 Å². The van der Waals surface area contributed by atoms with E-state index in [1.165, 1.54) is 32.1 Å². The molecular weight excluding hydrogens is 282 g/mol. The maximum atomic E-state index is 12.6. The highest BCUT2D eigenvalue weighted by molar-refractivity contribution is 5.78. The van der Waals surface area contributed by atoms with Crippen LogP contribution >= 0.6 is 0 Å². The third-order valence-electron chi connectivity index (χ3n) is 4.54. The minimum atomic E-state index is 0.274. The summed E-state index contributed by atoms with van der Waals surface area (Å²) < 4.78 is 0. The molecule has 1 aromatic carbocycles. The molecule has 23 heavy (non-hydrogen) atoms. The molecule has 2 nitrogen and oxygen atoms in total. The van der Waals surface area contributed by atoms with Crippen LogP contribution in [-0.4, -0.2) is 23.9 Å². The molecule has 2 heteroatoms. The molecule has 0 aliphatic heterocycles. The van der Waals surface area contributed by atoms with Crippen molar-refractivity contribution in [1.82, 2.24) is 4.90 Å². The van der Waals surface area contributed by atoms with Crippen molar-refractivity contribution in [2.75, 3.05) is 13.1 Å². The van der Waals surface area contributed by atoms with Crippen LogP contribution in [0.2, 0.25) is 0 Å². The van der Waals surface area contributed by atoms with Gasteiger partial charge in [-0.2, -0.15) is 0 Å². The summed E-state index contributed by atoms with van der Waals surface area (Å²) in [5.41, 5.74) is 1.16. The lowest BCUT2D eigenvalue weighted by atomic mass is 9.88. The molecule has 0 radical (unpaired) electrons. The van der Waals surface area contributed by atoms with E-state index in [1.807, 2.05) is 30.4 Å². The number of rotatable bonds is 7. The topological polar surface area (TPSA) is 20.3 Å².